The van der Waals surface area contributed by atoms with E-state index in [0.29, 0.717) is 0 Å². The molecule has 0 unspecified atom stereocenters. The van der Waals surface area contributed by atoms with Crippen molar-refractivity contribution in [2.75, 3.05) is 5.88 Å². The molecule has 2 aliphatic carbocycles. The maximum absolute atomic E-state index is 6.03. The molecule has 0 spiro atoms. The van der Waals surface area contributed by atoms with Crippen LogP contribution in [-0.2, 0) is 6.42 Å². The average molecular weight is 437 g/mol. The molecule has 0 N–H and O–H groups in total. The fourth-order valence-corrected chi connectivity index (χ4v) is 6.36. The van der Waals surface area contributed by atoms with Crippen molar-refractivity contribution < 1.29 is 0 Å². The van der Waals surface area contributed by atoms with Gasteiger partial charge in [-0.2, -0.15) is 0 Å². The van der Waals surface area contributed by atoms with Crippen molar-refractivity contribution in [1.29, 1.82) is 0 Å². The molecule has 31 heavy (non-hydrogen) atoms. The van der Waals surface area contributed by atoms with Gasteiger partial charge in [-0.3, -0.25) is 0 Å². The SMILES string of the molecule is CCCC1CCC(c2ccc(-c3ccc(CCC4CCC(CCl)CC4)cc3)cc2)CC1. The third-order valence-corrected chi connectivity index (χ3v) is 8.68. The molecule has 2 aromatic rings. The number of alkyl halides is 1. The molecule has 0 aliphatic heterocycles. The largest absolute Gasteiger partial charge is 0.126 e. The molecule has 0 radical (unpaired) electrons. The number of hydrogen-bond donors (Lipinski definition) is 0. The van der Waals surface area contributed by atoms with E-state index in [1.807, 2.05) is 0 Å². The molecular weight excluding hydrogens is 396 g/mol. The Bertz CT molecular complexity index is 759. The van der Waals surface area contributed by atoms with Gasteiger partial charge < -0.3 is 0 Å². The van der Waals surface area contributed by atoms with Crippen molar-refractivity contribution in [1.82, 2.24) is 0 Å². The molecule has 0 bridgehead atoms. The fourth-order valence-electron chi connectivity index (χ4n) is 6.05. The number of benzene rings is 2. The minimum absolute atomic E-state index is 0.777. The van der Waals surface area contributed by atoms with Gasteiger partial charge in [0.05, 0.1) is 0 Å². The van der Waals surface area contributed by atoms with Gasteiger partial charge in [0.25, 0.3) is 0 Å². The second kappa shape index (κ2) is 11.6. The summed E-state index contributed by atoms with van der Waals surface area (Å²) in [6, 6.07) is 18.8. The lowest BCUT2D eigenvalue weighted by Gasteiger charge is -2.28. The zero-order valence-electron chi connectivity index (χ0n) is 19.5. The van der Waals surface area contributed by atoms with Crippen LogP contribution >= 0.6 is 11.6 Å². The number of aryl methyl sites for hydroxylation is 1. The maximum atomic E-state index is 6.03. The van der Waals surface area contributed by atoms with Gasteiger partial charge in [-0.25, -0.2) is 0 Å². The van der Waals surface area contributed by atoms with E-state index in [-0.39, 0.29) is 0 Å². The Morgan fingerprint density at radius 3 is 1.74 bits per heavy atom. The highest BCUT2D eigenvalue weighted by molar-refractivity contribution is 6.18. The first kappa shape index (κ1) is 22.9. The summed E-state index contributed by atoms with van der Waals surface area (Å²) in [5.41, 5.74) is 5.75. The summed E-state index contributed by atoms with van der Waals surface area (Å²) >= 11 is 6.03. The molecule has 168 valence electrons. The second-order valence-electron chi connectivity index (χ2n) is 10.4. The van der Waals surface area contributed by atoms with Gasteiger partial charge in [-0.1, -0.05) is 81.1 Å². The fraction of sp³-hybridized carbons (Fsp3) is 0.600. The second-order valence-corrected chi connectivity index (χ2v) is 10.7. The molecular formula is C30H41Cl. The zero-order chi connectivity index (χ0) is 21.5. The summed E-state index contributed by atoms with van der Waals surface area (Å²) in [4.78, 5) is 0. The Morgan fingerprint density at radius 2 is 1.16 bits per heavy atom. The van der Waals surface area contributed by atoms with E-state index >= 15 is 0 Å². The lowest BCUT2D eigenvalue weighted by molar-refractivity contribution is 0.280. The smallest absolute Gasteiger partial charge is 0.0251 e. The highest BCUT2D eigenvalue weighted by Gasteiger charge is 2.22. The molecule has 1 heteroatoms. The van der Waals surface area contributed by atoms with Crippen LogP contribution in [0.25, 0.3) is 11.1 Å². The lowest BCUT2D eigenvalue weighted by Crippen LogP contribution is -2.16. The maximum Gasteiger partial charge on any atom is 0.0251 e. The summed E-state index contributed by atoms with van der Waals surface area (Å²) < 4.78 is 0. The van der Waals surface area contributed by atoms with Crippen molar-refractivity contribution in [2.45, 2.75) is 89.9 Å². The number of halogens is 1. The Labute approximate surface area is 195 Å². The molecule has 2 aliphatic rings. The molecule has 2 saturated carbocycles. The van der Waals surface area contributed by atoms with E-state index in [4.69, 9.17) is 11.6 Å². The topological polar surface area (TPSA) is 0 Å². The van der Waals surface area contributed by atoms with Gasteiger partial charge in [-0.15, -0.1) is 11.6 Å². The highest BCUT2D eigenvalue weighted by atomic mass is 35.5. The molecule has 0 amide bonds. The Balaban J connectivity index is 1.27. The first-order valence-corrected chi connectivity index (χ1v) is 13.5. The van der Waals surface area contributed by atoms with Crippen LogP contribution in [0, 0.1) is 17.8 Å². The van der Waals surface area contributed by atoms with Crippen molar-refractivity contribution in [2.24, 2.45) is 17.8 Å². The molecule has 2 fully saturated rings. The van der Waals surface area contributed by atoms with Gasteiger partial charge in [0, 0.05) is 5.88 Å². The van der Waals surface area contributed by atoms with Crippen molar-refractivity contribution in [3.05, 3.63) is 59.7 Å². The quantitative estimate of drug-likeness (QED) is 0.361. The van der Waals surface area contributed by atoms with Crippen molar-refractivity contribution in [3.63, 3.8) is 0 Å². The predicted molar refractivity (Wildman–Crippen MR) is 136 cm³/mol. The zero-order valence-corrected chi connectivity index (χ0v) is 20.3. The molecule has 0 heterocycles. The third-order valence-electron chi connectivity index (χ3n) is 8.24. The molecule has 0 nitrogen and oxygen atoms in total. The lowest BCUT2D eigenvalue weighted by atomic mass is 9.77. The Kier molecular flexibility index (Phi) is 8.54. The Morgan fingerprint density at radius 1 is 0.645 bits per heavy atom. The van der Waals surface area contributed by atoms with E-state index in [2.05, 4.69) is 55.5 Å². The van der Waals surface area contributed by atoms with E-state index in [1.54, 1.807) is 5.56 Å². The minimum atomic E-state index is 0.777. The first-order valence-electron chi connectivity index (χ1n) is 13.0. The van der Waals surface area contributed by atoms with E-state index in [0.717, 1.165) is 29.6 Å². The standard InChI is InChI=1S/C30H41Cl/c1-2-3-23-10-14-27(15-11-23)29-18-20-30(21-19-29)28-16-12-25(13-17-28)5-4-24-6-8-26(22-31)9-7-24/h12-13,16-21,23-24,26-27H,2-11,14-15,22H2,1H3. The van der Waals surface area contributed by atoms with Crippen LogP contribution in [0.3, 0.4) is 0 Å². The summed E-state index contributed by atoms with van der Waals surface area (Å²) in [6.07, 6.45) is 16.4. The van der Waals surface area contributed by atoms with Crippen molar-refractivity contribution >= 4 is 11.6 Å². The van der Waals surface area contributed by atoms with Crippen LogP contribution in [0.4, 0.5) is 0 Å². The van der Waals surface area contributed by atoms with Gasteiger partial charge in [0.1, 0.15) is 0 Å². The first-order chi connectivity index (χ1) is 15.2. The highest BCUT2D eigenvalue weighted by Crippen LogP contribution is 2.38. The molecule has 2 aromatic carbocycles. The number of hydrogen-bond acceptors (Lipinski definition) is 0. The summed E-state index contributed by atoms with van der Waals surface area (Å²) in [5.74, 6) is 4.31. The van der Waals surface area contributed by atoms with Gasteiger partial charge in [0.2, 0.25) is 0 Å². The number of rotatable bonds is 8. The van der Waals surface area contributed by atoms with E-state index < -0.39 is 0 Å². The average Bonchev–Trinajstić information content (AvgIpc) is 2.84. The summed E-state index contributed by atoms with van der Waals surface area (Å²) in [7, 11) is 0. The van der Waals surface area contributed by atoms with Crippen LogP contribution in [0.2, 0.25) is 0 Å². The normalized spacial score (nSPS) is 26.6. The predicted octanol–water partition coefficient (Wildman–Crippen LogP) is 9.41. The monoisotopic (exact) mass is 436 g/mol. The summed E-state index contributed by atoms with van der Waals surface area (Å²) in [6.45, 7) is 2.32. The van der Waals surface area contributed by atoms with E-state index in [1.165, 1.54) is 93.7 Å². The molecule has 0 saturated heterocycles. The molecule has 0 aromatic heterocycles. The van der Waals surface area contributed by atoms with E-state index in [9.17, 15) is 0 Å². The third kappa shape index (κ3) is 6.38. The van der Waals surface area contributed by atoms with Crippen LogP contribution in [0.15, 0.2) is 48.5 Å². The van der Waals surface area contributed by atoms with Crippen LogP contribution in [-0.4, -0.2) is 5.88 Å². The molecule has 0 atom stereocenters. The van der Waals surface area contributed by atoms with Gasteiger partial charge >= 0.3 is 0 Å². The van der Waals surface area contributed by atoms with Crippen LogP contribution in [0.5, 0.6) is 0 Å². The van der Waals surface area contributed by atoms with Crippen LogP contribution in [0.1, 0.15) is 94.6 Å². The molecule has 4 rings (SSSR count). The minimum Gasteiger partial charge on any atom is -0.126 e. The van der Waals surface area contributed by atoms with Gasteiger partial charge in [-0.05, 0) is 97.3 Å². The van der Waals surface area contributed by atoms with Crippen LogP contribution < -0.4 is 0 Å². The van der Waals surface area contributed by atoms with Gasteiger partial charge in [0.15, 0.2) is 0 Å². The van der Waals surface area contributed by atoms with Crippen molar-refractivity contribution in [3.8, 4) is 11.1 Å². The Hall–Kier alpha value is -1.27. The summed E-state index contributed by atoms with van der Waals surface area (Å²) in [5, 5.41) is 0.